The van der Waals surface area contributed by atoms with Crippen molar-refractivity contribution in [2.24, 2.45) is 0 Å². The maximum Gasteiger partial charge on any atom is 0.416 e. The van der Waals surface area contributed by atoms with Crippen molar-refractivity contribution in [2.75, 3.05) is 0 Å². The van der Waals surface area contributed by atoms with Gasteiger partial charge in [-0.05, 0) is 42.3 Å². The molecule has 0 radical (unpaired) electrons. The Bertz CT molecular complexity index is 777. The molecule has 0 amide bonds. The van der Waals surface area contributed by atoms with Crippen LogP contribution in [-0.2, 0) is 12.6 Å². The first-order valence-corrected chi connectivity index (χ1v) is 7.75. The molecular weight excluding hydrogens is 386 g/mol. The Balaban J connectivity index is 2.33. The number of nitrogens with zero attached hydrogens (tertiary/aromatic N) is 1. The van der Waals surface area contributed by atoms with Crippen LogP contribution in [0.1, 0.15) is 17.5 Å². The smallest absolute Gasteiger partial charge is 0.416 e. The summed E-state index contributed by atoms with van der Waals surface area (Å²) >= 11 is 17.8. The van der Waals surface area contributed by atoms with E-state index in [9.17, 15) is 13.2 Å². The van der Waals surface area contributed by atoms with Gasteiger partial charge in [-0.3, -0.25) is 0 Å². The van der Waals surface area contributed by atoms with Crippen LogP contribution < -0.4 is 4.74 Å². The van der Waals surface area contributed by atoms with Crippen molar-refractivity contribution in [1.29, 1.82) is 5.26 Å². The molecule has 0 unspecified atom stereocenters. The standard InChI is InChI=1S/C16H9Cl3F3NO/c17-12-4-3-11(6-9(12)2-1-5-23)24-15-13(18)7-10(8-14(15)19)16(20,21)22/h3-4,6-8H,1-2H2. The van der Waals surface area contributed by atoms with Gasteiger partial charge >= 0.3 is 6.18 Å². The predicted octanol–water partition coefficient (Wildman–Crippen LogP) is 6.91. The Morgan fingerprint density at radius 2 is 1.62 bits per heavy atom. The van der Waals surface area contributed by atoms with Crippen LogP contribution in [0.25, 0.3) is 0 Å². The van der Waals surface area contributed by atoms with Crippen molar-refractivity contribution in [3.05, 3.63) is 56.5 Å². The van der Waals surface area contributed by atoms with E-state index in [1.165, 1.54) is 6.07 Å². The summed E-state index contributed by atoms with van der Waals surface area (Å²) in [4.78, 5) is 0. The monoisotopic (exact) mass is 393 g/mol. The van der Waals surface area contributed by atoms with Crippen molar-refractivity contribution >= 4 is 34.8 Å². The minimum absolute atomic E-state index is 0.0834. The summed E-state index contributed by atoms with van der Waals surface area (Å²) in [7, 11) is 0. The highest BCUT2D eigenvalue weighted by Gasteiger charge is 2.32. The molecule has 0 heterocycles. The van der Waals surface area contributed by atoms with Gasteiger partial charge in [-0.25, -0.2) is 0 Å². The topological polar surface area (TPSA) is 33.0 Å². The first kappa shape index (κ1) is 18.7. The number of hydrogen-bond acceptors (Lipinski definition) is 2. The summed E-state index contributed by atoms with van der Waals surface area (Å²) in [5.74, 6) is 0.218. The minimum atomic E-state index is -4.56. The van der Waals surface area contributed by atoms with E-state index < -0.39 is 11.7 Å². The summed E-state index contributed by atoms with van der Waals surface area (Å²) < 4.78 is 43.7. The zero-order valence-electron chi connectivity index (χ0n) is 11.9. The van der Waals surface area contributed by atoms with E-state index in [0.717, 1.165) is 12.1 Å². The number of hydrogen-bond donors (Lipinski definition) is 0. The van der Waals surface area contributed by atoms with Crippen LogP contribution in [0.4, 0.5) is 13.2 Å². The molecule has 0 atom stereocenters. The maximum absolute atomic E-state index is 12.7. The molecule has 8 heteroatoms. The summed E-state index contributed by atoms with van der Waals surface area (Å²) in [6.07, 6.45) is -3.87. The second kappa shape index (κ2) is 7.52. The second-order valence-electron chi connectivity index (χ2n) is 4.78. The van der Waals surface area contributed by atoms with E-state index in [1.807, 2.05) is 6.07 Å². The first-order chi connectivity index (χ1) is 11.2. The Morgan fingerprint density at radius 1 is 1.00 bits per heavy atom. The van der Waals surface area contributed by atoms with E-state index >= 15 is 0 Å². The summed E-state index contributed by atoms with van der Waals surface area (Å²) in [5.41, 5.74) is -0.287. The number of aryl methyl sites for hydroxylation is 1. The fourth-order valence-electron chi connectivity index (χ4n) is 1.94. The molecule has 0 aliphatic rings. The molecule has 0 bridgehead atoms. The molecule has 0 N–H and O–H groups in total. The average molecular weight is 395 g/mol. The van der Waals surface area contributed by atoms with Gasteiger partial charge in [-0.15, -0.1) is 0 Å². The highest BCUT2D eigenvalue weighted by atomic mass is 35.5. The number of rotatable bonds is 4. The number of halogens is 6. The molecule has 0 fully saturated rings. The van der Waals surface area contributed by atoms with Gasteiger partial charge in [0.25, 0.3) is 0 Å². The Hall–Kier alpha value is -1.61. The van der Waals surface area contributed by atoms with Gasteiger partial charge in [-0.1, -0.05) is 34.8 Å². The van der Waals surface area contributed by atoms with Gasteiger partial charge in [0.1, 0.15) is 5.75 Å². The third kappa shape index (κ3) is 4.47. The van der Waals surface area contributed by atoms with Crippen LogP contribution in [-0.4, -0.2) is 0 Å². The second-order valence-corrected chi connectivity index (χ2v) is 6.00. The molecule has 0 saturated carbocycles. The zero-order valence-corrected chi connectivity index (χ0v) is 14.2. The molecule has 2 nitrogen and oxygen atoms in total. The van der Waals surface area contributed by atoms with Crippen molar-refractivity contribution in [1.82, 2.24) is 0 Å². The van der Waals surface area contributed by atoms with Crippen LogP contribution in [0, 0.1) is 11.3 Å². The van der Waals surface area contributed by atoms with Gasteiger partial charge in [0.15, 0.2) is 5.75 Å². The molecule has 126 valence electrons. The minimum Gasteiger partial charge on any atom is -0.454 e. The van der Waals surface area contributed by atoms with Crippen molar-refractivity contribution in [3.8, 4) is 17.6 Å². The largest absolute Gasteiger partial charge is 0.454 e. The molecule has 0 aliphatic heterocycles. The molecule has 2 rings (SSSR count). The van der Waals surface area contributed by atoms with Crippen molar-refractivity contribution in [2.45, 2.75) is 19.0 Å². The van der Waals surface area contributed by atoms with Crippen LogP contribution in [0.15, 0.2) is 30.3 Å². The molecule has 0 saturated heterocycles. The van der Waals surface area contributed by atoms with Crippen LogP contribution in [0.2, 0.25) is 15.1 Å². The molecule has 2 aromatic carbocycles. The summed E-state index contributed by atoms with van der Waals surface area (Å²) in [6, 6.07) is 8.18. The van der Waals surface area contributed by atoms with E-state index in [0.29, 0.717) is 22.8 Å². The Labute approximate surface area is 151 Å². The fraction of sp³-hybridized carbons (Fsp3) is 0.188. The predicted molar refractivity (Wildman–Crippen MR) is 86.9 cm³/mol. The normalized spacial score (nSPS) is 11.2. The molecule has 0 aromatic heterocycles. The van der Waals surface area contributed by atoms with Gasteiger partial charge in [0, 0.05) is 11.4 Å². The first-order valence-electron chi connectivity index (χ1n) is 6.62. The molecule has 0 aliphatic carbocycles. The van der Waals surface area contributed by atoms with E-state index in [1.54, 1.807) is 12.1 Å². The zero-order chi connectivity index (χ0) is 17.9. The molecule has 24 heavy (non-hydrogen) atoms. The van der Waals surface area contributed by atoms with Crippen molar-refractivity contribution in [3.63, 3.8) is 0 Å². The summed E-state index contributed by atoms with van der Waals surface area (Å²) in [5, 5.41) is 8.58. The van der Waals surface area contributed by atoms with Gasteiger partial charge in [-0.2, -0.15) is 18.4 Å². The lowest BCUT2D eigenvalue weighted by molar-refractivity contribution is -0.137. The SMILES string of the molecule is N#CCCc1cc(Oc2c(Cl)cc(C(F)(F)F)cc2Cl)ccc1Cl. The lowest BCUT2D eigenvalue weighted by Gasteiger charge is -2.14. The van der Waals surface area contributed by atoms with Crippen molar-refractivity contribution < 1.29 is 17.9 Å². The van der Waals surface area contributed by atoms with Crippen LogP contribution in [0.5, 0.6) is 11.5 Å². The number of ether oxygens (including phenoxy) is 1. The molecule has 2 aromatic rings. The van der Waals surface area contributed by atoms with Gasteiger partial charge in [0.05, 0.1) is 21.7 Å². The molecular formula is C16H9Cl3F3NO. The number of nitriles is 1. The number of benzene rings is 2. The quantitative estimate of drug-likeness (QED) is 0.564. The van der Waals surface area contributed by atoms with Gasteiger partial charge < -0.3 is 4.74 Å². The Kier molecular flexibility index (Phi) is 5.87. The highest BCUT2D eigenvalue weighted by Crippen LogP contribution is 2.42. The highest BCUT2D eigenvalue weighted by molar-refractivity contribution is 6.37. The third-order valence-corrected chi connectivity index (χ3v) is 4.00. The van der Waals surface area contributed by atoms with Crippen LogP contribution in [0.3, 0.4) is 0 Å². The van der Waals surface area contributed by atoms with Gasteiger partial charge in [0.2, 0.25) is 0 Å². The Morgan fingerprint density at radius 3 is 2.17 bits per heavy atom. The average Bonchev–Trinajstić information content (AvgIpc) is 2.50. The lowest BCUT2D eigenvalue weighted by Crippen LogP contribution is -2.05. The van der Waals surface area contributed by atoms with E-state index in [4.69, 9.17) is 44.8 Å². The molecule has 0 spiro atoms. The fourth-order valence-corrected chi connectivity index (χ4v) is 2.71. The number of alkyl halides is 3. The van der Waals surface area contributed by atoms with Crippen LogP contribution >= 0.6 is 34.8 Å². The summed E-state index contributed by atoms with van der Waals surface area (Å²) in [6.45, 7) is 0. The van der Waals surface area contributed by atoms with E-state index in [-0.39, 0.29) is 22.2 Å². The van der Waals surface area contributed by atoms with E-state index in [2.05, 4.69) is 0 Å². The maximum atomic E-state index is 12.7. The third-order valence-electron chi connectivity index (χ3n) is 3.07. The lowest BCUT2D eigenvalue weighted by atomic mass is 10.1.